The largest absolute Gasteiger partial charge is 0.494 e. The van der Waals surface area contributed by atoms with Crippen molar-refractivity contribution < 1.29 is 23.7 Å². The number of aryl methyl sites for hydroxylation is 1. The second-order valence-corrected chi connectivity index (χ2v) is 11.4. The first-order valence-corrected chi connectivity index (χ1v) is 15.4. The first kappa shape index (κ1) is 32.2. The number of carbonyl (C=O) groups excluding carboxylic acids is 1. The van der Waals surface area contributed by atoms with E-state index in [0.29, 0.717) is 55.9 Å². The standard InChI is InChI=1S/C32H33Br2N3O6/c1-7-41-25-13-19(5)23(15-22(25)18(3)4)31-36-24-12-10-9-11-21(24)32(39)37(31)35-16-20-14-26(42-8-2)30(29(34)28(20)33)43-17-27(38)40-6/h9-16,18H,7-8,17H2,1-6H3. The van der Waals surface area contributed by atoms with Gasteiger partial charge < -0.3 is 18.9 Å². The Labute approximate surface area is 267 Å². The Balaban J connectivity index is 1.92. The number of carbonyl (C=O) groups is 1. The lowest BCUT2D eigenvalue weighted by Crippen LogP contribution is -2.21. The summed E-state index contributed by atoms with van der Waals surface area (Å²) >= 11 is 7.13. The zero-order valence-electron chi connectivity index (χ0n) is 24.9. The van der Waals surface area contributed by atoms with Crippen molar-refractivity contribution in [3.8, 4) is 28.6 Å². The van der Waals surface area contributed by atoms with Crippen LogP contribution in [0.5, 0.6) is 17.2 Å². The van der Waals surface area contributed by atoms with Gasteiger partial charge in [-0.3, -0.25) is 4.79 Å². The molecule has 11 heteroatoms. The maximum absolute atomic E-state index is 13.9. The molecule has 1 aromatic heterocycles. The number of rotatable bonds is 11. The summed E-state index contributed by atoms with van der Waals surface area (Å²) in [4.78, 5) is 30.5. The Kier molecular flexibility index (Phi) is 10.6. The van der Waals surface area contributed by atoms with Gasteiger partial charge >= 0.3 is 5.97 Å². The molecule has 0 spiro atoms. The smallest absolute Gasteiger partial charge is 0.343 e. The fourth-order valence-electron chi connectivity index (χ4n) is 4.48. The highest BCUT2D eigenvalue weighted by Gasteiger charge is 2.21. The molecule has 4 rings (SSSR count). The van der Waals surface area contributed by atoms with E-state index in [-0.39, 0.29) is 18.1 Å². The Morgan fingerprint density at radius 1 is 1.02 bits per heavy atom. The van der Waals surface area contributed by atoms with Gasteiger partial charge in [-0.15, -0.1) is 0 Å². The van der Waals surface area contributed by atoms with E-state index in [2.05, 4.69) is 50.8 Å². The van der Waals surface area contributed by atoms with Crippen LogP contribution >= 0.6 is 31.9 Å². The number of ether oxygens (including phenoxy) is 4. The Morgan fingerprint density at radius 2 is 1.72 bits per heavy atom. The average Bonchev–Trinajstić information content (AvgIpc) is 2.98. The number of hydrogen-bond donors (Lipinski definition) is 0. The molecule has 0 radical (unpaired) electrons. The van der Waals surface area contributed by atoms with E-state index in [4.69, 9.17) is 23.9 Å². The highest BCUT2D eigenvalue weighted by Crippen LogP contribution is 2.42. The molecule has 0 aliphatic carbocycles. The molecule has 43 heavy (non-hydrogen) atoms. The molecule has 4 aromatic rings. The van der Waals surface area contributed by atoms with Crippen LogP contribution in [-0.2, 0) is 9.53 Å². The molecule has 0 atom stereocenters. The molecule has 9 nitrogen and oxygen atoms in total. The third-order valence-electron chi connectivity index (χ3n) is 6.60. The van der Waals surface area contributed by atoms with E-state index in [1.54, 1.807) is 24.4 Å². The molecule has 0 unspecified atom stereocenters. The number of halogens is 2. The summed E-state index contributed by atoms with van der Waals surface area (Å²) in [6.07, 6.45) is 1.55. The third-order valence-corrected chi connectivity index (χ3v) is 8.75. The van der Waals surface area contributed by atoms with Gasteiger partial charge in [-0.25, -0.2) is 9.78 Å². The van der Waals surface area contributed by atoms with Gasteiger partial charge in [0.2, 0.25) is 0 Å². The fourth-order valence-corrected chi connectivity index (χ4v) is 5.42. The normalized spacial score (nSPS) is 11.4. The lowest BCUT2D eigenvalue weighted by molar-refractivity contribution is -0.142. The minimum atomic E-state index is -0.531. The van der Waals surface area contributed by atoms with Crippen molar-refractivity contribution in [1.82, 2.24) is 9.66 Å². The van der Waals surface area contributed by atoms with Crippen LogP contribution < -0.4 is 19.8 Å². The van der Waals surface area contributed by atoms with Crippen LogP contribution in [-0.4, -0.2) is 48.8 Å². The van der Waals surface area contributed by atoms with E-state index >= 15 is 0 Å². The highest BCUT2D eigenvalue weighted by molar-refractivity contribution is 9.13. The van der Waals surface area contributed by atoms with Crippen LogP contribution in [0.15, 0.2) is 61.3 Å². The number of benzene rings is 3. The van der Waals surface area contributed by atoms with Gasteiger partial charge in [0.15, 0.2) is 23.9 Å². The number of fused-ring (bicyclic) bond motifs is 1. The molecule has 0 fully saturated rings. The predicted molar refractivity (Wildman–Crippen MR) is 175 cm³/mol. The number of hydrogen-bond acceptors (Lipinski definition) is 8. The van der Waals surface area contributed by atoms with Crippen molar-refractivity contribution in [3.63, 3.8) is 0 Å². The molecule has 0 aliphatic heterocycles. The molecule has 0 saturated heterocycles. The number of methoxy groups -OCH3 is 1. The maximum atomic E-state index is 13.9. The second kappa shape index (κ2) is 14.2. The summed E-state index contributed by atoms with van der Waals surface area (Å²) in [7, 11) is 1.29. The van der Waals surface area contributed by atoms with Gasteiger partial charge in [0.05, 0.1) is 41.9 Å². The molecule has 0 aliphatic rings. The summed E-state index contributed by atoms with van der Waals surface area (Å²) < 4.78 is 24.5. The summed E-state index contributed by atoms with van der Waals surface area (Å²) in [5.41, 5.74) is 3.54. The Bertz CT molecular complexity index is 1750. The topological polar surface area (TPSA) is 101 Å². The summed E-state index contributed by atoms with van der Waals surface area (Å²) in [6.45, 7) is 10.6. The molecule has 0 amide bonds. The SMILES string of the molecule is CCOc1cc(C)c(-c2nc3ccccc3c(=O)n2N=Cc2cc(OCC)c(OCC(=O)OC)c(Br)c2Br)cc1C(C)C. The lowest BCUT2D eigenvalue weighted by Gasteiger charge is -2.18. The predicted octanol–water partition coefficient (Wildman–Crippen LogP) is 7.25. The minimum Gasteiger partial charge on any atom is -0.494 e. The van der Waals surface area contributed by atoms with Crippen LogP contribution in [0.1, 0.15) is 50.3 Å². The number of esters is 1. The summed E-state index contributed by atoms with van der Waals surface area (Å²) in [5, 5.41) is 5.10. The van der Waals surface area contributed by atoms with Crippen LogP contribution in [0.2, 0.25) is 0 Å². The van der Waals surface area contributed by atoms with E-state index in [0.717, 1.165) is 22.4 Å². The molecule has 0 saturated carbocycles. The number of nitrogens with zero attached hydrogens (tertiary/aromatic N) is 3. The zero-order valence-corrected chi connectivity index (χ0v) is 28.0. The van der Waals surface area contributed by atoms with Gasteiger partial charge in [-0.05, 0) is 100 Å². The fraction of sp³-hybridized carbons (Fsp3) is 0.312. The zero-order chi connectivity index (χ0) is 31.3. The van der Waals surface area contributed by atoms with E-state index in [1.165, 1.54) is 11.8 Å². The van der Waals surface area contributed by atoms with Crippen LogP contribution in [0.25, 0.3) is 22.3 Å². The highest BCUT2D eigenvalue weighted by atomic mass is 79.9. The first-order valence-electron chi connectivity index (χ1n) is 13.8. The van der Waals surface area contributed by atoms with Crippen molar-refractivity contribution >= 4 is 54.9 Å². The average molecular weight is 715 g/mol. The van der Waals surface area contributed by atoms with Gasteiger partial charge in [0.25, 0.3) is 5.56 Å². The summed E-state index contributed by atoms with van der Waals surface area (Å²) in [6, 6.07) is 12.9. The van der Waals surface area contributed by atoms with Crippen molar-refractivity contribution in [3.05, 3.63) is 78.5 Å². The van der Waals surface area contributed by atoms with E-state index < -0.39 is 5.97 Å². The monoisotopic (exact) mass is 713 g/mol. The van der Waals surface area contributed by atoms with Gasteiger partial charge in [-0.2, -0.15) is 9.78 Å². The summed E-state index contributed by atoms with van der Waals surface area (Å²) in [5.74, 6) is 1.57. The van der Waals surface area contributed by atoms with Gasteiger partial charge in [0, 0.05) is 15.6 Å². The van der Waals surface area contributed by atoms with Gasteiger partial charge in [0.1, 0.15) is 5.75 Å². The first-order chi connectivity index (χ1) is 20.6. The van der Waals surface area contributed by atoms with Crippen LogP contribution in [0, 0.1) is 6.92 Å². The molecular weight excluding hydrogens is 682 g/mol. The lowest BCUT2D eigenvalue weighted by atomic mass is 9.96. The molecule has 0 N–H and O–H groups in total. The molecule has 3 aromatic carbocycles. The van der Waals surface area contributed by atoms with Crippen molar-refractivity contribution in [1.29, 1.82) is 0 Å². The van der Waals surface area contributed by atoms with Crippen LogP contribution in [0.3, 0.4) is 0 Å². The number of para-hydroxylation sites is 1. The Hall–Kier alpha value is -3.70. The molecule has 226 valence electrons. The van der Waals surface area contributed by atoms with Crippen molar-refractivity contribution in [2.24, 2.45) is 5.10 Å². The van der Waals surface area contributed by atoms with Crippen LogP contribution in [0.4, 0.5) is 0 Å². The molecule has 0 bridgehead atoms. The Morgan fingerprint density at radius 3 is 2.40 bits per heavy atom. The van der Waals surface area contributed by atoms with Crippen molar-refractivity contribution in [2.75, 3.05) is 26.9 Å². The second-order valence-electron chi connectivity index (χ2n) is 9.83. The number of aromatic nitrogens is 2. The van der Waals surface area contributed by atoms with E-state index in [9.17, 15) is 9.59 Å². The molecular formula is C32H33Br2N3O6. The van der Waals surface area contributed by atoms with Gasteiger partial charge in [-0.1, -0.05) is 26.0 Å². The molecule has 1 heterocycles. The van der Waals surface area contributed by atoms with Crippen molar-refractivity contribution in [2.45, 2.75) is 40.5 Å². The quantitative estimate of drug-likeness (QED) is 0.119. The maximum Gasteiger partial charge on any atom is 0.343 e. The minimum absolute atomic E-state index is 0.176. The third kappa shape index (κ3) is 6.94. The van der Waals surface area contributed by atoms with E-state index in [1.807, 2.05) is 45.0 Å².